The lowest BCUT2D eigenvalue weighted by atomic mass is 9.85. The molecule has 1 aromatic carbocycles. The van der Waals surface area contributed by atoms with Crippen molar-refractivity contribution in [3.8, 4) is 22.9 Å². The van der Waals surface area contributed by atoms with E-state index in [0.29, 0.717) is 57.7 Å². The number of likely N-dealkylation sites (tertiary alicyclic amines) is 1. The van der Waals surface area contributed by atoms with E-state index in [2.05, 4.69) is 22.5 Å². The number of fused-ring (bicyclic) bond motifs is 2. The van der Waals surface area contributed by atoms with Gasteiger partial charge in [0, 0.05) is 35.2 Å². The number of esters is 1. The van der Waals surface area contributed by atoms with Gasteiger partial charge in [0.1, 0.15) is 58.7 Å². The highest BCUT2D eigenvalue weighted by molar-refractivity contribution is 7.14. The molecule has 8 atom stereocenters. The van der Waals surface area contributed by atoms with Gasteiger partial charge >= 0.3 is 12.1 Å². The number of hydrogen-bond acceptors (Lipinski definition) is 13. The van der Waals surface area contributed by atoms with Gasteiger partial charge < -0.3 is 39.8 Å². The van der Waals surface area contributed by atoms with E-state index in [4.69, 9.17) is 40.5 Å². The number of alkyl carbamates (subject to hydrolysis) is 1. The summed E-state index contributed by atoms with van der Waals surface area (Å²) in [7, 11) is 1.25. The molecule has 0 radical (unpaired) electrons. The Balaban J connectivity index is 1.22. The molecule has 3 amide bonds. The molecular formula is C42H51ClN6O9S. The van der Waals surface area contributed by atoms with Crippen molar-refractivity contribution in [1.82, 2.24) is 25.5 Å². The highest BCUT2D eigenvalue weighted by Crippen LogP contribution is 2.52. The zero-order valence-electron chi connectivity index (χ0n) is 34.0. The van der Waals surface area contributed by atoms with Crippen LogP contribution in [0.1, 0.15) is 66.7 Å². The number of methoxy groups -OCH3 is 1. The lowest BCUT2D eigenvalue weighted by Crippen LogP contribution is -2.59. The number of aromatic nitrogens is 2. The summed E-state index contributed by atoms with van der Waals surface area (Å²) >= 11 is 8.26. The fourth-order valence-corrected chi connectivity index (χ4v) is 9.41. The molecule has 3 aromatic rings. The summed E-state index contributed by atoms with van der Waals surface area (Å²) in [4.78, 5) is 77.5. The van der Waals surface area contributed by atoms with Gasteiger partial charge in [-0.3, -0.25) is 14.4 Å². The summed E-state index contributed by atoms with van der Waals surface area (Å²) in [6, 6.07) is 3.01. The average Bonchev–Trinajstić information content (AvgIpc) is 3.85. The highest BCUT2D eigenvalue weighted by Gasteiger charge is 2.62. The fourth-order valence-electron chi connectivity index (χ4n) is 8.29. The molecule has 4 aliphatic rings. The smallest absolute Gasteiger partial charge is 0.408 e. The second-order valence-corrected chi connectivity index (χ2v) is 18.5. The van der Waals surface area contributed by atoms with Crippen molar-refractivity contribution >= 4 is 69.1 Å². The molecule has 3 heterocycles. The van der Waals surface area contributed by atoms with Crippen molar-refractivity contribution in [3.63, 3.8) is 0 Å². The van der Waals surface area contributed by atoms with Crippen LogP contribution in [-0.4, -0.2) is 101 Å². The van der Waals surface area contributed by atoms with Crippen molar-refractivity contribution in [2.45, 2.75) is 103 Å². The number of nitrogens with one attached hydrogen (secondary N) is 3. The van der Waals surface area contributed by atoms with Crippen molar-refractivity contribution < 1.29 is 42.9 Å². The van der Waals surface area contributed by atoms with Crippen molar-refractivity contribution in [2.24, 2.45) is 23.2 Å². The van der Waals surface area contributed by atoms with E-state index in [1.165, 1.54) is 29.8 Å². The molecule has 316 valence electrons. The number of amides is 3. The third-order valence-electron chi connectivity index (χ3n) is 11.5. The number of carbonyl (C=O) groups is 5. The van der Waals surface area contributed by atoms with Gasteiger partial charge in [-0.2, -0.15) is 0 Å². The number of nitrogens with zero attached hydrogens (tertiary/aromatic N) is 3. The van der Waals surface area contributed by atoms with Crippen LogP contribution >= 0.6 is 22.9 Å². The SMILES string of the molecule is C=C[C@@H]1CC1(NC(=O)[C@@H]1C[C@@H](Oc2cc(-c3csc(NC(C)C)n3)nc3c(Cl)c(OCC=O)ccc23)CN1C(=O)[C@@H](NC(=O)OC1C[C@@H]2C[C@@H]2C1)C(C)(C)C)C(=O)OC. The number of benzene rings is 1. The summed E-state index contributed by atoms with van der Waals surface area (Å²) in [5.74, 6) is -0.265. The predicted octanol–water partition coefficient (Wildman–Crippen LogP) is 5.93. The zero-order chi connectivity index (χ0) is 42.4. The molecule has 3 saturated carbocycles. The molecule has 0 bridgehead atoms. The van der Waals surface area contributed by atoms with Gasteiger partial charge in [0.15, 0.2) is 11.4 Å². The van der Waals surface area contributed by atoms with E-state index in [1.807, 2.05) is 40.0 Å². The second kappa shape index (κ2) is 16.6. The normalized spacial score (nSPS) is 26.1. The first-order valence-corrected chi connectivity index (χ1v) is 21.2. The van der Waals surface area contributed by atoms with Gasteiger partial charge in [-0.15, -0.1) is 17.9 Å². The Kier molecular flexibility index (Phi) is 11.9. The molecule has 0 spiro atoms. The van der Waals surface area contributed by atoms with E-state index >= 15 is 0 Å². The van der Waals surface area contributed by atoms with Crippen molar-refractivity contribution in [2.75, 3.05) is 25.6 Å². The minimum atomic E-state index is -1.32. The molecule has 3 N–H and O–H groups in total. The first-order valence-electron chi connectivity index (χ1n) is 19.9. The molecular weight excluding hydrogens is 800 g/mol. The molecule has 17 heteroatoms. The number of anilines is 1. The van der Waals surface area contributed by atoms with Crippen LogP contribution in [0.15, 0.2) is 36.2 Å². The van der Waals surface area contributed by atoms with Crippen LogP contribution in [0, 0.1) is 23.2 Å². The van der Waals surface area contributed by atoms with Gasteiger partial charge in [0.05, 0.1) is 24.9 Å². The van der Waals surface area contributed by atoms with Gasteiger partial charge in [0.2, 0.25) is 11.8 Å². The first-order chi connectivity index (χ1) is 28.0. The maximum absolute atomic E-state index is 14.8. The van der Waals surface area contributed by atoms with Crippen LogP contribution in [0.3, 0.4) is 0 Å². The first kappa shape index (κ1) is 42.2. The number of ether oxygens (including phenoxy) is 4. The van der Waals surface area contributed by atoms with Gasteiger partial charge in [-0.1, -0.05) is 38.4 Å². The minimum absolute atomic E-state index is 0.0340. The Bertz CT molecular complexity index is 2150. The lowest BCUT2D eigenvalue weighted by Gasteiger charge is -2.35. The number of pyridine rings is 1. The Labute approximate surface area is 351 Å². The summed E-state index contributed by atoms with van der Waals surface area (Å²) in [6.07, 6.45) is 3.69. The number of hydrogen-bond donors (Lipinski definition) is 3. The van der Waals surface area contributed by atoms with Gasteiger partial charge in [-0.25, -0.2) is 19.6 Å². The monoisotopic (exact) mass is 850 g/mol. The molecule has 2 unspecified atom stereocenters. The quantitative estimate of drug-likeness (QED) is 0.0931. The van der Waals surface area contributed by atoms with Crippen molar-refractivity contribution in [1.29, 1.82) is 0 Å². The average molecular weight is 851 g/mol. The lowest BCUT2D eigenvalue weighted by molar-refractivity contribution is -0.148. The summed E-state index contributed by atoms with van der Waals surface area (Å²) in [5, 5.41) is 12.2. The van der Waals surface area contributed by atoms with Crippen LogP contribution in [0.2, 0.25) is 5.02 Å². The van der Waals surface area contributed by atoms with Crippen LogP contribution in [0.25, 0.3) is 22.3 Å². The van der Waals surface area contributed by atoms with Crippen molar-refractivity contribution in [3.05, 3.63) is 41.3 Å². The van der Waals surface area contributed by atoms with Gasteiger partial charge in [0.25, 0.3) is 0 Å². The van der Waals surface area contributed by atoms with E-state index in [1.54, 1.807) is 24.3 Å². The number of aldehydes is 1. The number of rotatable bonds is 15. The zero-order valence-corrected chi connectivity index (χ0v) is 35.6. The summed E-state index contributed by atoms with van der Waals surface area (Å²) < 4.78 is 23.2. The summed E-state index contributed by atoms with van der Waals surface area (Å²) in [6.45, 7) is 13.0. The Morgan fingerprint density at radius 1 is 1.07 bits per heavy atom. The van der Waals surface area contributed by atoms with E-state index < -0.39 is 53.0 Å². The maximum atomic E-state index is 14.8. The summed E-state index contributed by atoms with van der Waals surface area (Å²) in [5.41, 5.74) is -0.792. The van der Waals surface area contributed by atoms with Gasteiger partial charge in [-0.05, 0) is 68.9 Å². The highest BCUT2D eigenvalue weighted by atomic mass is 35.5. The number of halogens is 1. The Hall–Kier alpha value is -4.96. The van der Waals surface area contributed by atoms with Crippen LogP contribution < -0.4 is 25.4 Å². The van der Waals surface area contributed by atoms with Crippen LogP contribution in [0.5, 0.6) is 11.5 Å². The Morgan fingerprint density at radius 2 is 1.81 bits per heavy atom. The van der Waals surface area contributed by atoms with E-state index in [9.17, 15) is 24.0 Å². The predicted molar refractivity (Wildman–Crippen MR) is 221 cm³/mol. The Morgan fingerprint density at radius 3 is 2.46 bits per heavy atom. The topological polar surface area (TPSA) is 187 Å². The number of carbonyl (C=O) groups excluding carboxylic acids is 5. The molecule has 1 aliphatic heterocycles. The number of thiazole rings is 1. The van der Waals surface area contributed by atoms with E-state index in [0.717, 1.165) is 12.8 Å². The molecule has 3 aliphatic carbocycles. The minimum Gasteiger partial charge on any atom is -0.488 e. The molecule has 4 fully saturated rings. The molecule has 15 nitrogen and oxygen atoms in total. The second-order valence-electron chi connectivity index (χ2n) is 17.3. The standard InChI is InChI=1S/C42H51ClN6O9S/c1-8-24-18-42(24,38(53)55-7)48-36(51)30-16-26(19-49(30)37(52)35(41(4,5)6)47-40(54)58-25-14-22-13-23(22)15-25)57-32-17-28(29-20-59-39(46-29)44-21(2)3)45-34-27(32)9-10-31(33(34)43)56-12-11-50/h8-11,17,20-26,30,35H,1,12-16,18-19H2,2-7H3,(H,44,46)(H,47,54)(H,48,51)/t22-,23+,24-,25?,26-,30+,35-,42?/m1/s1. The fraction of sp³-hybridized carbons (Fsp3) is 0.548. The molecule has 1 saturated heterocycles. The third-order valence-corrected chi connectivity index (χ3v) is 12.7. The van der Waals surface area contributed by atoms with E-state index in [-0.39, 0.29) is 48.4 Å². The molecule has 7 rings (SSSR count). The molecule has 59 heavy (non-hydrogen) atoms. The maximum Gasteiger partial charge on any atom is 0.408 e. The molecule has 2 aromatic heterocycles. The van der Waals surface area contributed by atoms with Crippen LogP contribution in [0.4, 0.5) is 9.93 Å². The largest absolute Gasteiger partial charge is 0.488 e. The van der Waals surface area contributed by atoms with Crippen LogP contribution in [-0.2, 0) is 28.7 Å². The third kappa shape index (κ3) is 8.84.